The molecule has 0 aromatic rings. The highest BCUT2D eigenvalue weighted by Crippen LogP contribution is 2.15. The van der Waals surface area contributed by atoms with Crippen molar-refractivity contribution in [2.45, 2.75) is 25.9 Å². The minimum Gasteiger partial charge on any atom is -0.524 e. The highest BCUT2D eigenvalue weighted by Gasteiger charge is 2.17. The lowest BCUT2D eigenvalue weighted by Gasteiger charge is -2.22. The molecule has 3 heteroatoms. The monoisotopic (exact) mass is 142 g/mol. The molecule has 0 bridgehead atoms. The molecule has 0 saturated carbocycles. The molecular weight excluding hydrogens is 127 g/mol. The van der Waals surface area contributed by atoms with Crippen LogP contribution in [0.4, 0.5) is 0 Å². The summed E-state index contributed by atoms with van der Waals surface area (Å²) in [6.07, 6.45) is 2.58. The second-order valence-corrected chi connectivity index (χ2v) is 2.66. The molecule has 0 radical (unpaired) electrons. The first kappa shape index (κ1) is 9.56. The maximum absolute atomic E-state index is 8.93. The lowest BCUT2D eigenvalue weighted by Crippen LogP contribution is -2.23. The van der Waals surface area contributed by atoms with E-state index in [1.807, 2.05) is 13.8 Å². The Kier molecular flexibility index (Phi) is 3.51. The Hall–Kier alpha value is -0.435. The number of aliphatic hydroxyl groups is 1. The van der Waals surface area contributed by atoms with Gasteiger partial charge in [-0.2, -0.15) is 0 Å². The summed E-state index contributed by atoms with van der Waals surface area (Å²) in [6.45, 7) is 3.95. The first-order chi connectivity index (χ1) is 4.54. The van der Waals surface area contributed by atoms with Gasteiger partial charge in [0.15, 0.2) is 7.85 Å². The van der Waals surface area contributed by atoms with E-state index in [-0.39, 0.29) is 5.60 Å². The van der Waals surface area contributed by atoms with Gasteiger partial charge in [-0.1, -0.05) is 6.92 Å². The quantitative estimate of drug-likeness (QED) is 0.467. The van der Waals surface area contributed by atoms with E-state index in [0.29, 0.717) is 5.66 Å². The summed E-state index contributed by atoms with van der Waals surface area (Å²) in [4.78, 5) is 0. The Balaban J connectivity index is 4.20. The molecule has 0 aliphatic rings. The summed E-state index contributed by atoms with van der Waals surface area (Å²) in [5.41, 5.74) is 0.00458. The van der Waals surface area contributed by atoms with Crippen LogP contribution >= 0.6 is 0 Å². The maximum Gasteiger partial charge on any atom is 0.185 e. The summed E-state index contributed by atoms with van der Waals surface area (Å²) in [6, 6.07) is 0. The molecule has 58 valence electrons. The molecule has 0 fully saturated rings. The molecule has 0 saturated heterocycles. The second-order valence-electron chi connectivity index (χ2n) is 2.66. The van der Waals surface area contributed by atoms with Crippen LogP contribution in [0.2, 0.25) is 0 Å². The van der Waals surface area contributed by atoms with Crippen LogP contribution < -0.4 is 0 Å². The third-order valence-corrected chi connectivity index (χ3v) is 1.68. The van der Waals surface area contributed by atoms with Crippen molar-refractivity contribution in [2.24, 2.45) is 0 Å². The molecule has 10 heavy (non-hydrogen) atoms. The second kappa shape index (κ2) is 3.66. The zero-order valence-corrected chi connectivity index (χ0v) is 7.14. The predicted molar refractivity (Wildman–Crippen MR) is 45.0 cm³/mol. The number of aliphatic hydroxyl groups excluding tert-OH is 1. The lowest BCUT2D eigenvalue weighted by atomic mass is 9.96. The van der Waals surface area contributed by atoms with Gasteiger partial charge in [0.05, 0.1) is 5.60 Å². The first-order valence-corrected chi connectivity index (χ1v) is 3.47. The molecule has 0 amide bonds. The zero-order valence-electron chi connectivity index (χ0n) is 7.14. The fourth-order valence-corrected chi connectivity index (χ4v) is 0.747. The Labute approximate surface area is 63.3 Å². The third-order valence-electron chi connectivity index (χ3n) is 1.68. The smallest absolute Gasteiger partial charge is 0.185 e. The van der Waals surface area contributed by atoms with Crippen LogP contribution in [0.25, 0.3) is 0 Å². The van der Waals surface area contributed by atoms with Crippen molar-refractivity contribution in [3.63, 3.8) is 0 Å². The Bertz CT molecular complexity index is 124. The van der Waals surface area contributed by atoms with Crippen molar-refractivity contribution in [1.29, 1.82) is 0 Å². The van der Waals surface area contributed by atoms with Crippen LogP contribution in [0.15, 0.2) is 11.7 Å². The fourth-order valence-electron chi connectivity index (χ4n) is 0.747. The SMILES string of the molecule is B/C(O)=C\[C@](C)(CC)OC. The lowest BCUT2D eigenvalue weighted by molar-refractivity contribution is 0.0436. The van der Waals surface area contributed by atoms with E-state index in [2.05, 4.69) is 0 Å². The highest BCUT2D eigenvalue weighted by molar-refractivity contribution is 6.19. The number of methoxy groups -OCH3 is 1. The van der Waals surface area contributed by atoms with Crippen LogP contribution in [0, 0.1) is 0 Å². The number of rotatable bonds is 3. The van der Waals surface area contributed by atoms with Crippen LogP contribution in [-0.4, -0.2) is 25.7 Å². The summed E-state index contributed by atoms with van der Waals surface area (Å²) < 4.78 is 5.16. The van der Waals surface area contributed by atoms with Crippen LogP contribution in [-0.2, 0) is 4.74 Å². The van der Waals surface area contributed by atoms with Gasteiger partial charge in [0, 0.05) is 12.8 Å². The molecule has 0 aromatic carbocycles. The fraction of sp³-hybridized carbons (Fsp3) is 0.714. The van der Waals surface area contributed by atoms with Gasteiger partial charge in [0.25, 0.3) is 0 Å². The van der Waals surface area contributed by atoms with E-state index in [1.54, 1.807) is 21.0 Å². The van der Waals surface area contributed by atoms with Crippen LogP contribution in [0.3, 0.4) is 0 Å². The summed E-state index contributed by atoms with van der Waals surface area (Å²) in [7, 11) is 3.29. The number of hydrogen-bond donors (Lipinski definition) is 1. The molecule has 0 rings (SSSR count). The molecule has 1 atom stereocenters. The largest absolute Gasteiger partial charge is 0.524 e. The van der Waals surface area contributed by atoms with E-state index < -0.39 is 0 Å². The minimum absolute atomic E-state index is 0.307. The predicted octanol–water partition coefficient (Wildman–Crippen LogP) is 0.834. The Morgan fingerprint density at radius 3 is 2.40 bits per heavy atom. The molecular formula is C7H15BO2. The molecule has 0 aliphatic carbocycles. The van der Waals surface area contributed by atoms with Crippen molar-refractivity contribution in [3.05, 3.63) is 11.7 Å². The van der Waals surface area contributed by atoms with Crippen molar-refractivity contribution < 1.29 is 9.84 Å². The van der Waals surface area contributed by atoms with Gasteiger partial charge in [0.1, 0.15) is 0 Å². The van der Waals surface area contributed by atoms with E-state index >= 15 is 0 Å². The van der Waals surface area contributed by atoms with Crippen LogP contribution in [0.1, 0.15) is 20.3 Å². The topological polar surface area (TPSA) is 29.5 Å². The molecule has 1 N–H and O–H groups in total. The third kappa shape index (κ3) is 2.92. The highest BCUT2D eigenvalue weighted by atomic mass is 16.5. The Morgan fingerprint density at radius 2 is 2.30 bits per heavy atom. The van der Waals surface area contributed by atoms with E-state index in [0.717, 1.165) is 6.42 Å². The number of hydrogen-bond acceptors (Lipinski definition) is 2. The zero-order chi connectivity index (χ0) is 8.20. The van der Waals surface area contributed by atoms with Gasteiger partial charge in [0.2, 0.25) is 0 Å². The molecule has 0 unspecified atom stereocenters. The number of ether oxygens (including phenoxy) is 1. The van der Waals surface area contributed by atoms with Crippen molar-refractivity contribution in [3.8, 4) is 0 Å². The van der Waals surface area contributed by atoms with E-state index in [1.165, 1.54) is 0 Å². The van der Waals surface area contributed by atoms with Gasteiger partial charge in [-0.15, -0.1) is 0 Å². The van der Waals surface area contributed by atoms with Gasteiger partial charge in [-0.25, -0.2) is 0 Å². The average molecular weight is 142 g/mol. The maximum atomic E-state index is 8.93. The van der Waals surface area contributed by atoms with Crippen molar-refractivity contribution in [2.75, 3.05) is 7.11 Å². The normalized spacial score (nSPS) is 18.5. The standard InChI is InChI=1S/C7H15BO2/c1-4-7(2,10-3)5-6(8)9/h5,9H,4,8H2,1-3H3/b6-5+/t7-/m0/s1. The average Bonchev–Trinajstić information content (AvgIpc) is 1.87. The van der Waals surface area contributed by atoms with Crippen LogP contribution in [0.5, 0.6) is 0 Å². The molecule has 0 aliphatic heterocycles. The van der Waals surface area contributed by atoms with Crippen molar-refractivity contribution >= 4 is 7.85 Å². The van der Waals surface area contributed by atoms with Gasteiger partial charge in [-0.3, -0.25) is 0 Å². The van der Waals surface area contributed by atoms with Gasteiger partial charge < -0.3 is 9.84 Å². The summed E-state index contributed by atoms with van der Waals surface area (Å²) in [5.74, 6) is 0. The summed E-state index contributed by atoms with van der Waals surface area (Å²) in [5, 5.41) is 8.93. The Morgan fingerprint density at radius 1 is 1.80 bits per heavy atom. The molecule has 0 spiro atoms. The molecule has 2 nitrogen and oxygen atoms in total. The van der Waals surface area contributed by atoms with Gasteiger partial charge in [-0.05, 0) is 19.4 Å². The van der Waals surface area contributed by atoms with E-state index in [4.69, 9.17) is 9.84 Å². The molecule has 0 heterocycles. The minimum atomic E-state index is -0.307. The molecule has 0 aromatic heterocycles. The first-order valence-electron chi connectivity index (χ1n) is 3.47. The van der Waals surface area contributed by atoms with Crippen molar-refractivity contribution in [1.82, 2.24) is 0 Å². The van der Waals surface area contributed by atoms with Gasteiger partial charge >= 0.3 is 0 Å². The van der Waals surface area contributed by atoms with E-state index in [9.17, 15) is 0 Å². The summed E-state index contributed by atoms with van der Waals surface area (Å²) >= 11 is 0.